The zero-order valence-corrected chi connectivity index (χ0v) is 13.7. The molecule has 0 bridgehead atoms. The fraction of sp³-hybridized carbons (Fsp3) is 0.400. The summed E-state index contributed by atoms with van der Waals surface area (Å²) in [6, 6.07) is 10.1. The van der Waals surface area contributed by atoms with Crippen molar-refractivity contribution in [3.05, 3.63) is 41.6 Å². The molecule has 0 aliphatic carbocycles. The van der Waals surface area contributed by atoms with Crippen LogP contribution in [0, 0.1) is 6.92 Å². The number of nitrogen functional groups attached to an aromatic ring is 1. The lowest BCUT2D eigenvalue weighted by atomic mass is 9.92. The Hall–Kier alpha value is -1.23. The van der Waals surface area contributed by atoms with Gasteiger partial charge in [0.15, 0.2) is 0 Å². The summed E-state index contributed by atoms with van der Waals surface area (Å²) in [4.78, 5) is 0. The van der Waals surface area contributed by atoms with E-state index in [1.54, 1.807) is 0 Å². The molecule has 6 heteroatoms. The number of benzene rings is 1. The van der Waals surface area contributed by atoms with E-state index >= 15 is 0 Å². The van der Waals surface area contributed by atoms with Crippen molar-refractivity contribution in [3.63, 3.8) is 0 Å². The van der Waals surface area contributed by atoms with E-state index in [0.29, 0.717) is 5.92 Å². The molecule has 4 nitrogen and oxygen atoms in total. The second-order valence-corrected chi connectivity index (χ2v) is 5.17. The first kappa shape index (κ1) is 17.8. The standard InChI is InChI=1S/C15H20N4.2ClH/c1-11-14(12-7-9-17-10-8-12)18-19(15(11)16)13-5-3-2-4-6-13;;/h2-6,12,17H,7-10,16H2,1H3;2*1H. The van der Waals surface area contributed by atoms with Crippen LogP contribution in [0.5, 0.6) is 0 Å². The molecule has 1 aromatic carbocycles. The maximum atomic E-state index is 6.23. The molecule has 2 aromatic rings. The van der Waals surface area contributed by atoms with E-state index in [9.17, 15) is 0 Å². The van der Waals surface area contributed by atoms with Gasteiger partial charge in [-0.2, -0.15) is 5.10 Å². The quantitative estimate of drug-likeness (QED) is 0.890. The number of para-hydroxylation sites is 1. The van der Waals surface area contributed by atoms with E-state index in [4.69, 9.17) is 10.8 Å². The highest BCUT2D eigenvalue weighted by Crippen LogP contribution is 2.30. The molecule has 1 aliphatic heterocycles. The lowest BCUT2D eigenvalue weighted by Crippen LogP contribution is -2.27. The molecule has 1 fully saturated rings. The fourth-order valence-electron chi connectivity index (χ4n) is 2.78. The maximum absolute atomic E-state index is 6.23. The Morgan fingerprint density at radius 3 is 2.38 bits per heavy atom. The number of hydrogen-bond acceptors (Lipinski definition) is 3. The van der Waals surface area contributed by atoms with Crippen LogP contribution in [-0.4, -0.2) is 22.9 Å². The summed E-state index contributed by atoms with van der Waals surface area (Å²) in [5.74, 6) is 1.30. The van der Waals surface area contributed by atoms with Gasteiger partial charge in [-0.15, -0.1) is 24.8 Å². The number of nitrogens with two attached hydrogens (primary N) is 1. The number of nitrogens with zero attached hydrogens (tertiary/aromatic N) is 2. The Balaban J connectivity index is 0.00000110. The van der Waals surface area contributed by atoms with Crippen LogP contribution < -0.4 is 11.1 Å². The molecule has 116 valence electrons. The van der Waals surface area contributed by atoms with Gasteiger partial charge in [0.25, 0.3) is 0 Å². The number of hydrogen-bond donors (Lipinski definition) is 2. The minimum atomic E-state index is 0. The monoisotopic (exact) mass is 328 g/mol. The van der Waals surface area contributed by atoms with Gasteiger partial charge in [-0.25, -0.2) is 4.68 Å². The number of aromatic nitrogens is 2. The Labute approximate surface area is 137 Å². The van der Waals surface area contributed by atoms with Crippen LogP contribution in [-0.2, 0) is 0 Å². The summed E-state index contributed by atoms with van der Waals surface area (Å²) in [6.45, 7) is 4.23. The van der Waals surface area contributed by atoms with Crippen molar-refractivity contribution in [3.8, 4) is 5.69 Å². The minimum absolute atomic E-state index is 0. The second-order valence-electron chi connectivity index (χ2n) is 5.17. The molecule has 3 rings (SSSR count). The topological polar surface area (TPSA) is 55.9 Å². The summed E-state index contributed by atoms with van der Waals surface area (Å²) in [6.07, 6.45) is 2.29. The van der Waals surface area contributed by atoms with Crippen LogP contribution in [0.1, 0.15) is 30.0 Å². The molecule has 0 radical (unpaired) electrons. The van der Waals surface area contributed by atoms with E-state index < -0.39 is 0 Å². The van der Waals surface area contributed by atoms with E-state index in [-0.39, 0.29) is 24.8 Å². The van der Waals surface area contributed by atoms with Crippen molar-refractivity contribution in [1.82, 2.24) is 15.1 Å². The van der Waals surface area contributed by atoms with Crippen LogP contribution in [0.15, 0.2) is 30.3 Å². The zero-order chi connectivity index (χ0) is 13.2. The van der Waals surface area contributed by atoms with Crippen molar-refractivity contribution in [2.45, 2.75) is 25.7 Å². The predicted molar refractivity (Wildman–Crippen MR) is 92.1 cm³/mol. The molecule has 0 amide bonds. The minimum Gasteiger partial charge on any atom is -0.383 e. The molecule has 1 saturated heterocycles. The predicted octanol–water partition coefficient (Wildman–Crippen LogP) is 3.07. The number of halogens is 2. The summed E-state index contributed by atoms with van der Waals surface area (Å²) < 4.78 is 1.87. The Morgan fingerprint density at radius 2 is 1.76 bits per heavy atom. The number of rotatable bonds is 2. The van der Waals surface area contributed by atoms with Crippen LogP contribution >= 0.6 is 24.8 Å². The first-order chi connectivity index (χ1) is 9.27. The molecular weight excluding hydrogens is 307 g/mol. The molecule has 21 heavy (non-hydrogen) atoms. The maximum Gasteiger partial charge on any atom is 0.130 e. The highest BCUT2D eigenvalue weighted by molar-refractivity contribution is 5.85. The Kier molecular flexibility index (Phi) is 6.52. The second kappa shape index (κ2) is 7.69. The van der Waals surface area contributed by atoms with Crippen molar-refractivity contribution >= 4 is 30.6 Å². The molecule has 0 atom stereocenters. The average Bonchev–Trinajstić information content (AvgIpc) is 2.77. The molecule has 2 heterocycles. The summed E-state index contributed by atoms with van der Waals surface area (Å²) >= 11 is 0. The van der Waals surface area contributed by atoms with E-state index in [1.807, 2.05) is 35.0 Å². The van der Waals surface area contributed by atoms with Crippen LogP contribution in [0.25, 0.3) is 5.69 Å². The van der Waals surface area contributed by atoms with Gasteiger partial charge < -0.3 is 11.1 Å². The third-order valence-electron chi connectivity index (χ3n) is 3.93. The van der Waals surface area contributed by atoms with E-state index in [1.165, 1.54) is 5.69 Å². The first-order valence-electron chi connectivity index (χ1n) is 6.88. The third-order valence-corrected chi connectivity index (χ3v) is 3.93. The highest BCUT2D eigenvalue weighted by Gasteiger charge is 2.22. The molecule has 0 unspecified atom stereocenters. The van der Waals surface area contributed by atoms with Gasteiger partial charge in [-0.1, -0.05) is 18.2 Å². The van der Waals surface area contributed by atoms with Crippen LogP contribution in [0.3, 0.4) is 0 Å². The number of anilines is 1. The fourth-order valence-corrected chi connectivity index (χ4v) is 2.78. The van der Waals surface area contributed by atoms with Gasteiger partial charge >= 0.3 is 0 Å². The molecular formula is C15H22Cl2N4. The van der Waals surface area contributed by atoms with Crippen molar-refractivity contribution < 1.29 is 0 Å². The third kappa shape index (κ3) is 3.51. The molecule has 1 aliphatic rings. The highest BCUT2D eigenvalue weighted by atomic mass is 35.5. The number of nitrogens with one attached hydrogen (secondary N) is 1. The van der Waals surface area contributed by atoms with Gasteiger partial charge in [0.1, 0.15) is 5.82 Å². The molecule has 3 N–H and O–H groups in total. The molecule has 1 aromatic heterocycles. The van der Waals surface area contributed by atoms with Gasteiger partial charge in [-0.05, 0) is 45.0 Å². The Bertz CT molecular complexity index is 563. The van der Waals surface area contributed by atoms with Gasteiger partial charge in [0, 0.05) is 11.5 Å². The lowest BCUT2D eigenvalue weighted by molar-refractivity contribution is 0.450. The molecule has 0 spiro atoms. The van der Waals surface area contributed by atoms with Gasteiger partial charge in [-0.3, -0.25) is 0 Å². The number of piperidine rings is 1. The van der Waals surface area contributed by atoms with E-state index in [2.05, 4.69) is 12.2 Å². The van der Waals surface area contributed by atoms with Crippen molar-refractivity contribution in [2.75, 3.05) is 18.8 Å². The van der Waals surface area contributed by atoms with E-state index in [0.717, 1.165) is 43.0 Å². The largest absolute Gasteiger partial charge is 0.383 e. The van der Waals surface area contributed by atoms with Gasteiger partial charge in [0.2, 0.25) is 0 Å². The van der Waals surface area contributed by atoms with Crippen LogP contribution in [0.4, 0.5) is 5.82 Å². The SMILES string of the molecule is Cc1c(C2CCNCC2)nn(-c2ccccc2)c1N.Cl.Cl. The van der Waals surface area contributed by atoms with Gasteiger partial charge in [0.05, 0.1) is 11.4 Å². The van der Waals surface area contributed by atoms with Crippen molar-refractivity contribution in [1.29, 1.82) is 0 Å². The van der Waals surface area contributed by atoms with Crippen molar-refractivity contribution in [2.24, 2.45) is 0 Å². The summed E-state index contributed by atoms with van der Waals surface area (Å²) in [7, 11) is 0. The zero-order valence-electron chi connectivity index (χ0n) is 12.1. The average molecular weight is 329 g/mol. The molecule has 0 saturated carbocycles. The summed E-state index contributed by atoms with van der Waals surface area (Å²) in [5, 5.41) is 8.16. The lowest BCUT2D eigenvalue weighted by Gasteiger charge is -2.21. The normalized spacial score (nSPS) is 15.1. The smallest absolute Gasteiger partial charge is 0.130 e. The Morgan fingerprint density at radius 1 is 1.14 bits per heavy atom. The summed E-state index contributed by atoms with van der Waals surface area (Å²) in [5.41, 5.74) is 9.56. The first-order valence-corrected chi connectivity index (χ1v) is 6.88. The van der Waals surface area contributed by atoms with Crippen LogP contribution in [0.2, 0.25) is 0 Å².